The fraction of sp³-hybridized carbons (Fsp3) is 0.526. The molecule has 2 rings (SSSR count). The highest BCUT2D eigenvalue weighted by Gasteiger charge is 2.23. The monoisotopic (exact) mass is 377 g/mol. The Morgan fingerprint density at radius 3 is 2.26 bits per heavy atom. The first kappa shape index (κ1) is 20.7. The summed E-state index contributed by atoms with van der Waals surface area (Å²) in [5, 5.41) is 6.00. The van der Waals surface area contributed by atoms with E-state index in [-0.39, 0.29) is 30.6 Å². The first-order valence-electron chi connectivity index (χ1n) is 9.25. The van der Waals surface area contributed by atoms with E-state index < -0.39 is 0 Å². The molecule has 8 nitrogen and oxygen atoms in total. The first-order chi connectivity index (χ1) is 13.0. The van der Waals surface area contributed by atoms with Gasteiger partial charge < -0.3 is 25.0 Å². The van der Waals surface area contributed by atoms with Crippen LogP contribution in [0.4, 0.5) is 10.5 Å². The molecule has 1 aromatic carbocycles. The third-order valence-corrected chi connectivity index (χ3v) is 4.25. The number of likely N-dealkylation sites (tertiary alicyclic amines) is 1. The fourth-order valence-electron chi connectivity index (χ4n) is 2.83. The van der Waals surface area contributed by atoms with Crippen LogP contribution in [-0.4, -0.2) is 61.8 Å². The molecule has 148 valence electrons. The maximum atomic E-state index is 12.1. The Morgan fingerprint density at radius 1 is 1.04 bits per heavy atom. The molecule has 8 heteroatoms. The minimum atomic E-state index is -0.383. The maximum Gasteiger partial charge on any atom is 0.409 e. The maximum absolute atomic E-state index is 12.1. The van der Waals surface area contributed by atoms with E-state index in [9.17, 15) is 14.4 Å². The van der Waals surface area contributed by atoms with Crippen molar-refractivity contribution in [3.05, 3.63) is 29.8 Å². The van der Waals surface area contributed by atoms with Gasteiger partial charge in [0.15, 0.2) is 0 Å². The van der Waals surface area contributed by atoms with Crippen LogP contribution in [0.1, 0.15) is 37.0 Å². The number of nitrogens with zero attached hydrogens (tertiary/aromatic N) is 1. The lowest BCUT2D eigenvalue weighted by Gasteiger charge is -2.31. The van der Waals surface area contributed by atoms with Crippen LogP contribution in [-0.2, 0) is 14.3 Å². The van der Waals surface area contributed by atoms with Gasteiger partial charge in [0.05, 0.1) is 25.3 Å². The minimum absolute atomic E-state index is 0.160. The number of hydrogen-bond acceptors (Lipinski definition) is 6. The van der Waals surface area contributed by atoms with Crippen molar-refractivity contribution in [3.63, 3.8) is 0 Å². The van der Waals surface area contributed by atoms with E-state index in [4.69, 9.17) is 9.47 Å². The predicted octanol–water partition coefficient (Wildman–Crippen LogP) is 2.01. The van der Waals surface area contributed by atoms with Gasteiger partial charge in [-0.15, -0.1) is 0 Å². The second-order valence-electron chi connectivity index (χ2n) is 6.19. The van der Waals surface area contributed by atoms with Gasteiger partial charge in [-0.25, -0.2) is 9.59 Å². The van der Waals surface area contributed by atoms with Crippen LogP contribution in [0.15, 0.2) is 24.3 Å². The number of ether oxygens (including phenoxy) is 2. The molecule has 1 heterocycles. The molecule has 0 bridgehead atoms. The van der Waals surface area contributed by atoms with Gasteiger partial charge in [-0.2, -0.15) is 0 Å². The van der Waals surface area contributed by atoms with E-state index in [1.807, 2.05) is 0 Å². The number of carbonyl (C=O) groups is 3. The summed E-state index contributed by atoms with van der Waals surface area (Å²) in [7, 11) is 0. The molecule has 1 fully saturated rings. The highest BCUT2D eigenvalue weighted by molar-refractivity contribution is 5.94. The van der Waals surface area contributed by atoms with Crippen molar-refractivity contribution in [3.8, 4) is 0 Å². The first-order valence-corrected chi connectivity index (χ1v) is 9.25. The lowest BCUT2D eigenvalue weighted by molar-refractivity contribution is -0.115. The van der Waals surface area contributed by atoms with Crippen LogP contribution in [0, 0.1) is 0 Å². The highest BCUT2D eigenvalue weighted by Crippen LogP contribution is 2.12. The number of nitrogens with one attached hydrogen (secondary N) is 2. The third kappa shape index (κ3) is 6.56. The van der Waals surface area contributed by atoms with Crippen molar-refractivity contribution in [2.45, 2.75) is 32.7 Å². The summed E-state index contributed by atoms with van der Waals surface area (Å²) in [6, 6.07) is 6.76. The summed E-state index contributed by atoms with van der Waals surface area (Å²) in [5.74, 6) is -0.544. The van der Waals surface area contributed by atoms with Crippen molar-refractivity contribution < 1.29 is 23.9 Å². The van der Waals surface area contributed by atoms with Crippen LogP contribution in [0.3, 0.4) is 0 Å². The largest absolute Gasteiger partial charge is 0.462 e. The van der Waals surface area contributed by atoms with E-state index in [0.29, 0.717) is 37.6 Å². The topological polar surface area (TPSA) is 97.0 Å². The van der Waals surface area contributed by atoms with Crippen LogP contribution in [0.2, 0.25) is 0 Å². The molecule has 2 amide bonds. The predicted molar refractivity (Wildman–Crippen MR) is 101 cm³/mol. The summed E-state index contributed by atoms with van der Waals surface area (Å²) in [6.45, 7) is 5.65. The van der Waals surface area contributed by atoms with Gasteiger partial charge in [-0.05, 0) is 51.0 Å². The fourth-order valence-corrected chi connectivity index (χ4v) is 2.83. The number of amides is 2. The summed E-state index contributed by atoms with van der Waals surface area (Å²) >= 11 is 0. The van der Waals surface area contributed by atoms with Crippen LogP contribution in [0.25, 0.3) is 0 Å². The Balaban J connectivity index is 1.71. The molecule has 1 saturated heterocycles. The van der Waals surface area contributed by atoms with Gasteiger partial charge in [-0.1, -0.05) is 0 Å². The second-order valence-corrected chi connectivity index (χ2v) is 6.19. The number of carbonyl (C=O) groups excluding carboxylic acids is 3. The number of anilines is 1. The van der Waals surface area contributed by atoms with Crippen molar-refractivity contribution in [1.82, 2.24) is 10.2 Å². The van der Waals surface area contributed by atoms with Gasteiger partial charge in [0.25, 0.3) is 0 Å². The average Bonchev–Trinajstić information content (AvgIpc) is 2.68. The zero-order valence-corrected chi connectivity index (χ0v) is 15.8. The molecular formula is C19H27N3O5. The number of rotatable bonds is 7. The van der Waals surface area contributed by atoms with Crippen molar-refractivity contribution in [2.75, 3.05) is 38.2 Å². The van der Waals surface area contributed by atoms with E-state index >= 15 is 0 Å². The highest BCUT2D eigenvalue weighted by atomic mass is 16.6. The molecule has 0 radical (unpaired) electrons. The smallest absolute Gasteiger partial charge is 0.409 e. The Kier molecular flexibility index (Phi) is 8.06. The lowest BCUT2D eigenvalue weighted by atomic mass is 10.1. The van der Waals surface area contributed by atoms with E-state index in [0.717, 1.165) is 12.8 Å². The standard InChI is InChI=1S/C19H27N3O5/c1-3-26-18(24)14-5-7-16(8-6-14)21-17(23)13-20-15-9-11-22(12-10-15)19(25)27-4-2/h5-8,15,20H,3-4,9-13H2,1-2H3,(H,21,23). The Bertz CT molecular complexity index is 639. The van der Waals surface area contributed by atoms with Gasteiger partial charge in [0.2, 0.25) is 5.91 Å². The third-order valence-electron chi connectivity index (χ3n) is 4.25. The number of esters is 1. The number of piperidine rings is 1. The van der Waals surface area contributed by atoms with Gasteiger partial charge in [0, 0.05) is 24.8 Å². The molecule has 0 saturated carbocycles. The van der Waals surface area contributed by atoms with Crippen molar-refractivity contribution in [2.24, 2.45) is 0 Å². The Morgan fingerprint density at radius 2 is 1.67 bits per heavy atom. The normalized spacial score (nSPS) is 14.5. The van der Waals surface area contributed by atoms with E-state index in [1.54, 1.807) is 43.0 Å². The molecular weight excluding hydrogens is 350 g/mol. The Hall–Kier alpha value is -2.61. The Labute approximate surface area is 159 Å². The van der Waals surface area contributed by atoms with Crippen LogP contribution < -0.4 is 10.6 Å². The van der Waals surface area contributed by atoms with Gasteiger partial charge in [-0.3, -0.25) is 4.79 Å². The van der Waals surface area contributed by atoms with Crippen LogP contribution in [0.5, 0.6) is 0 Å². The molecule has 1 aliphatic heterocycles. The van der Waals surface area contributed by atoms with Gasteiger partial charge in [0.1, 0.15) is 0 Å². The molecule has 1 aromatic rings. The second kappa shape index (κ2) is 10.5. The average molecular weight is 377 g/mol. The molecule has 27 heavy (non-hydrogen) atoms. The van der Waals surface area contributed by atoms with Crippen molar-refractivity contribution >= 4 is 23.7 Å². The summed E-state index contributed by atoms with van der Waals surface area (Å²) < 4.78 is 9.91. The minimum Gasteiger partial charge on any atom is -0.462 e. The van der Waals surface area contributed by atoms with Gasteiger partial charge >= 0.3 is 12.1 Å². The lowest BCUT2D eigenvalue weighted by Crippen LogP contribution is -2.46. The molecule has 0 aliphatic carbocycles. The number of benzene rings is 1. The van der Waals surface area contributed by atoms with Crippen LogP contribution >= 0.6 is 0 Å². The number of hydrogen-bond donors (Lipinski definition) is 2. The summed E-state index contributed by atoms with van der Waals surface area (Å²) in [5.41, 5.74) is 1.06. The molecule has 0 atom stereocenters. The molecule has 0 aromatic heterocycles. The summed E-state index contributed by atoms with van der Waals surface area (Å²) in [6.07, 6.45) is 1.28. The quantitative estimate of drug-likeness (QED) is 0.706. The SMILES string of the molecule is CCOC(=O)c1ccc(NC(=O)CNC2CCN(C(=O)OCC)CC2)cc1. The zero-order chi connectivity index (χ0) is 19.6. The summed E-state index contributed by atoms with van der Waals surface area (Å²) in [4.78, 5) is 37.0. The molecule has 0 spiro atoms. The van der Waals surface area contributed by atoms with Crippen molar-refractivity contribution in [1.29, 1.82) is 0 Å². The zero-order valence-electron chi connectivity index (χ0n) is 15.8. The molecule has 2 N–H and O–H groups in total. The molecule has 0 unspecified atom stereocenters. The van der Waals surface area contributed by atoms with E-state index in [1.165, 1.54) is 0 Å². The molecule has 1 aliphatic rings. The van der Waals surface area contributed by atoms with E-state index in [2.05, 4.69) is 10.6 Å².